The normalized spacial score (nSPS) is 12.6. The van der Waals surface area contributed by atoms with Crippen molar-refractivity contribution < 1.29 is 19.1 Å². The van der Waals surface area contributed by atoms with E-state index in [1.165, 1.54) is 21.5 Å². The second-order valence-electron chi connectivity index (χ2n) is 7.79. The maximum Gasteiger partial charge on any atom is 0.326 e. The lowest BCUT2D eigenvalue weighted by Gasteiger charge is -2.22. The van der Waals surface area contributed by atoms with E-state index >= 15 is 0 Å². The number of aryl methyl sites for hydroxylation is 2. The lowest BCUT2D eigenvalue weighted by molar-refractivity contribution is -0.142. The zero-order valence-electron chi connectivity index (χ0n) is 19.2. The molecular weight excluding hydrogens is 474 g/mol. The van der Waals surface area contributed by atoms with E-state index < -0.39 is 5.97 Å². The number of para-hydroxylation sites is 1. The standard InChI is InChI=1S/C24H27N3O5S2/c1-3-32-20(29)14-27(16-8-5-4-6-9-16)19(28)15-33-24-25-22-21(17-10-7-11-18(17)34-22)23(30)26(24)12-13-31-2/h4-6,8-9H,3,7,10-15H2,1-2H3. The molecule has 180 valence electrons. The number of benzene rings is 1. The van der Waals surface area contributed by atoms with Crippen LogP contribution in [0, 0.1) is 0 Å². The quantitative estimate of drug-likeness (QED) is 0.239. The number of amides is 1. The molecule has 34 heavy (non-hydrogen) atoms. The molecule has 2 aromatic heterocycles. The number of methoxy groups -OCH3 is 1. The molecule has 0 saturated heterocycles. The number of carbonyl (C=O) groups excluding carboxylic acids is 2. The summed E-state index contributed by atoms with van der Waals surface area (Å²) in [7, 11) is 1.59. The predicted molar refractivity (Wildman–Crippen MR) is 134 cm³/mol. The van der Waals surface area contributed by atoms with E-state index in [2.05, 4.69) is 0 Å². The Balaban J connectivity index is 1.61. The van der Waals surface area contributed by atoms with Gasteiger partial charge >= 0.3 is 5.97 Å². The molecule has 1 aromatic carbocycles. The third-order valence-electron chi connectivity index (χ3n) is 5.60. The topological polar surface area (TPSA) is 90.7 Å². The van der Waals surface area contributed by atoms with Crippen molar-refractivity contribution in [2.75, 3.05) is 37.5 Å². The molecule has 0 saturated carbocycles. The number of nitrogens with zero attached hydrogens (tertiary/aromatic N) is 3. The van der Waals surface area contributed by atoms with Crippen molar-refractivity contribution in [3.63, 3.8) is 0 Å². The third-order valence-corrected chi connectivity index (χ3v) is 7.74. The first kappa shape index (κ1) is 24.4. The first-order chi connectivity index (χ1) is 16.5. The minimum Gasteiger partial charge on any atom is -0.465 e. The average Bonchev–Trinajstić information content (AvgIpc) is 3.42. The van der Waals surface area contributed by atoms with E-state index in [1.54, 1.807) is 42.1 Å². The lowest BCUT2D eigenvalue weighted by atomic mass is 10.2. The summed E-state index contributed by atoms with van der Waals surface area (Å²) in [5.41, 5.74) is 1.65. The molecule has 0 spiro atoms. The number of aromatic nitrogens is 2. The van der Waals surface area contributed by atoms with Gasteiger partial charge in [-0.2, -0.15) is 0 Å². The fourth-order valence-electron chi connectivity index (χ4n) is 4.02. The molecule has 1 aliphatic rings. The number of esters is 1. The number of hydrogen-bond donors (Lipinski definition) is 0. The molecule has 4 rings (SSSR count). The van der Waals surface area contributed by atoms with Crippen molar-refractivity contribution in [3.05, 3.63) is 51.1 Å². The smallest absolute Gasteiger partial charge is 0.326 e. The van der Waals surface area contributed by atoms with Gasteiger partial charge in [-0.3, -0.25) is 19.0 Å². The van der Waals surface area contributed by atoms with Gasteiger partial charge in [-0.1, -0.05) is 30.0 Å². The SMILES string of the molecule is CCOC(=O)CN(C(=O)CSc1nc2sc3c(c2c(=O)n1CCOC)CCC3)c1ccccc1. The Morgan fingerprint density at radius 3 is 2.76 bits per heavy atom. The molecule has 0 bridgehead atoms. The Labute approximate surface area is 205 Å². The number of rotatable bonds is 10. The number of hydrogen-bond acceptors (Lipinski definition) is 8. The molecule has 0 fully saturated rings. The average molecular weight is 502 g/mol. The van der Waals surface area contributed by atoms with E-state index in [0.29, 0.717) is 29.4 Å². The van der Waals surface area contributed by atoms with Gasteiger partial charge in [0, 0.05) is 17.7 Å². The van der Waals surface area contributed by atoms with E-state index in [0.717, 1.165) is 29.7 Å². The first-order valence-corrected chi connectivity index (χ1v) is 13.0. The van der Waals surface area contributed by atoms with Crippen molar-refractivity contribution in [3.8, 4) is 0 Å². The molecule has 0 radical (unpaired) electrons. The number of fused-ring (bicyclic) bond motifs is 3. The van der Waals surface area contributed by atoms with Crippen LogP contribution in [-0.2, 0) is 38.4 Å². The highest BCUT2D eigenvalue weighted by atomic mass is 32.2. The van der Waals surface area contributed by atoms with Gasteiger partial charge in [0.2, 0.25) is 5.91 Å². The van der Waals surface area contributed by atoms with Gasteiger partial charge in [0.15, 0.2) is 5.16 Å². The molecule has 0 N–H and O–H groups in total. The number of thiophene rings is 1. The van der Waals surface area contributed by atoms with E-state index in [9.17, 15) is 14.4 Å². The second kappa shape index (κ2) is 11.2. The summed E-state index contributed by atoms with van der Waals surface area (Å²) in [6, 6.07) is 9.00. The van der Waals surface area contributed by atoms with Crippen LogP contribution in [0.5, 0.6) is 0 Å². The Morgan fingerprint density at radius 1 is 1.24 bits per heavy atom. The number of thioether (sulfide) groups is 1. The number of anilines is 1. The Kier molecular flexibility index (Phi) is 8.02. The summed E-state index contributed by atoms with van der Waals surface area (Å²) in [6.07, 6.45) is 2.95. The summed E-state index contributed by atoms with van der Waals surface area (Å²) in [5, 5.41) is 1.18. The van der Waals surface area contributed by atoms with Crippen LogP contribution in [0.1, 0.15) is 23.8 Å². The maximum absolute atomic E-state index is 13.4. The second-order valence-corrected chi connectivity index (χ2v) is 9.82. The van der Waals surface area contributed by atoms with Gasteiger partial charge in [0.1, 0.15) is 11.4 Å². The van der Waals surface area contributed by atoms with Crippen LogP contribution in [0.2, 0.25) is 0 Å². The highest BCUT2D eigenvalue weighted by molar-refractivity contribution is 7.99. The van der Waals surface area contributed by atoms with Crippen molar-refractivity contribution in [1.82, 2.24) is 9.55 Å². The molecular formula is C24H27N3O5S2. The van der Waals surface area contributed by atoms with E-state index in [1.807, 2.05) is 18.2 Å². The van der Waals surface area contributed by atoms with Gasteiger partial charge in [-0.05, 0) is 43.9 Å². The van der Waals surface area contributed by atoms with Crippen LogP contribution in [0.25, 0.3) is 10.2 Å². The Morgan fingerprint density at radius 2 is 2.03 bits per heavy atom. The van der Waals surface area contributed by atoms with Crippen LogP contribution in [0.4, 0.5) is 5.69 Å². The molecule has 10 heteroatoms. The summed E-state index contributed by atoms with van der Waals surface area (Å²) in [6.45, 7) is 2.50. The zero-order valence-corrected chi connectivity index (χ0v) is 20.9. The summed E-state index contributed by atoms with van der Waals surface area (Å²) in [5.74, 6) is -0.732. The monoisotopic (exact) mass is 501 g/mol. The molecule has 8 nitrogen and oxygen atoms in total. The molecule has 3 aromatic rings. The minimum absolute atomic E-state index is 0.0182. The van der Waals surface area contributed by atoms with Gasteiger partial charge in [-0.25, -0.2) is 4.98 Å². The fourth-order valence-corrected chi connectivity index (χ4v) is 6.22. The molecule has 0 unspecified atom stereocenters. The molecule has 0 atom stereocenters. The largest absolute Gasteiger partial charge is 0.465 e. The van der Waals surface area contributed by atoms with Crippen LogP contribution in [0.3, 0.4) is 0 Å². The number of carbonyl (C=O) groups is 2. The van der Waals surface area contributed by atoms with Gasteiger partial charge in [0.25, 0.3) is 5.56 Å². The van der Waals surface area contributed by atoms with Crippen molar-refractivity contribution >= 4 is 50.9 Å². The molecule has 1 amide bonds. The van der Waals surface area contributed by atoms with Crippen LogP contribution in [-0.4, -0.2) is 54.0 Å². The summed E-state index contributed by atoms with van der Waals surface area (Å²) >= 11 is 2.77. The van der Waals surface area contributed by atoms with Crippen molar-refractivity contribution in [2.45, 2.75) is 37.9 Å². The fraction of sp³-hybridized carbons (Fsp3) is 0.417. The van der Waals surface area contributed by atoms with Crippen molar-refractivity contribution in [1.29, 1.82) is 0 Å². The van der Waals surface area contributed by atoms with E-state index in [-0.39, 0.29) is 30.4 Å². The third kappa shape index (κ3) is 5.18. The Bertz CT molecular complexity index is 1240. The van der Waals surface area contributed by atoms with Gasteiger partial charge in [0.05, 0.1) is 30.9 Å². The molecule has 2 heterocycles. The van der Waals surface area contributed by atoms with Gasteiger partial charge in [-0.15, -0.1) is 11.3 Å². The summed E-state index contributed by atoms with van der Waals surface area (Å²) in [4.78, 5) is 46.9. The maximum atomic E-state index is 13.4. The minimum atomic E-state index is -0.477. The highest BCUT2D eigenvalue weighted by Crippen LogP contribution is 2.35. The van der Waals surface area contributed by atoms with Crippen LogP contribution >= 0.6 is 23.1 Å². The van der Waals surface area contributed by atoms with Crippen LogP contribution < -0.4 is 10.5 Å². The van der Waals surface area contributed by atoms with E-state index in [4.69, 9.17) is 14.5 Å². The zero-order chi connectivity index (χ0) is 24.1. The lowest BCUT2D eigenvalue weighted by Crippen LogP contribution is -2.38. The highest BCUT2D eigenvalue weighted by Gasteiger charge is 2.25. The Hall–Kier alpha value is -2.69. The van der Waals surface area contributed by atoms with Crippen LogP contribution in [0.15, 0.2) is 40.3 Å². The molecule has 1 aliphatic carbocycles. The number of ether oxygens (including phenoxy) is 2. The summed E-state index contributed by atoms with van der Waals surface area (Å²) < 4.78 is 11.9. The predicted octanol–water partition coefficient (Wildman–Crippen LogP) is 3.28. The van der Waals surface area contributed by atoms with Gasteiger partial charge < -0.3 is 14.4 Å². The van der Waals surface area contributed by atoms with Crippen molar-refractivity contribution in [2.24, 2.45) is 0 Å². The first-order valence-electron chi connectivity index (χ1n) is 11.2. The molecule has 0 aliphatic heterocycles.